The second-order valence-corrected chi connectivity index (χ2v) is 7.33. The SMILES string of the molecule is C=CCOc1ccc(C(=O)/C=C/c2c(OC)ccc(C(C)(C)C)c2OC)cc1. The van der Waals surface area contributed by atoms with E-state index in [0.29, 0.717) is 29.4 Å². The maximum Gasteiger partial charge on any atom is 0.185 e. The number of allylic oxidation sites excluding steroid dienone is 1. The second-order valence-electron chi connectivity index (χ2n) is 7.33. The lowest BCUT2D eigenvalue weighted by Crippen LogP contribution is -2.13. The average molecular weight is 380 g/mol. The molecule has 2 aromatic carbocycles. The van der Waals surface area contributed by atoms with Crippen molar-refractivity contribution in [1.82, 2.24) is 0 Å². The van der Waals surface area contributed by atoms with Crippen molar-refractivity contribution in [3.05, 3.63) is 71.8 Å². The van der Waals surface area contributed by atoms with Crippen LogP contribution in [0.2, 0.25) is 0 Å². The topological polar surface area (TPSA) is 44.8 Å². The lowest BCUT2D eigenvalue weighted by atomic mass is 9.85. The molecule has 0 aliphatic carbocycles. The molecule has 0 aliphatic rings. The summed E-state index contributed by atoms with van der Waals surface area (Å²) in [6.45, 7) is 10.4. The zero-order valence-corrected chi connectivity index (χ0v) is 17.2. The summed E-state index contributed by atoms with van der Waals surface area (Å²) in [6, 6.07) is 10.9. The molecule has 0 saturated heterocycles. The van der Waals surface area contributed by atoms with Crippen molar-refractivity contribution in [2.24, 2.45) is 0 Å². The minimum atomic E-state index is -0.111. The van der Waals surface area contributed by atoms with Crippen LogP contribution in [0, 0.1) is 0 Å². The van der Waals surface area contributed by atoms with Crippen molar-refractivity contribution in [3.63, 3.8) is 0 Å². The minimum Gasteiger partial charge on any atom is -0.496 e. The summed E-state index contributed by atoms with van der Waals surface area (Å²) in [5, 5.41) is 0. The third kappa shape index (κ3) is 5.03. The number of carbonyl (C=O) groups is 1. The minimum absolute atomic E-state index is 0.106. The van der Waals surface area contributed by atoms with Crippen LogP contribution in [0.15, 0.2) is 55.1 Å². The van der Waals surface area contributed by atoms with Gasteiger partial charge in [0.05, 0.1) is 19.8 Å². The first kappa shape index (κ1) is 21.3. The highest BCUT2D eigenvalue weighted by molar-refractivity contribution is 6.07. The number of hydrogen-bond donors (Lipinski definition) is 0. The fraction of sp³-hybridized carbons (Fsp3) is 0.292. The van der Waals surface area contributed by atoms with Crippen LogP contribution in [-0.4, -0.2) is 26.6 Å². The summed E-state index contributed by atoms with van der Waals surface area (Å²) in [7, 11) is 3.23. The van der Waals surface area contributed by atoms with E-state index < -0.39 is 0 Å². The van der Waals surface area contributed by atoms with Crippen LogP contribution in [0.1, 0.15) is 42.3 Å². The third-order valence-electron chi connectivity index (χ3n) is 4.30. The Morgan fingerprint density at radius 1 is 1.04 bits per heavy atom. The van der Waals surface area contributed by atoms with E-state index >= 15 is 0 Å². The van der Waals surface area contributed by atoms with Crippen LogP contribution >= 0.6 is 0 Å². The van der Waals surface area contributed by atoms with Crippen molar-refractivity contribution in [3.8, 4) is 17.2 Å². The van der Waals surface area contributed by atoms with Crippen molar-refractivity contribution in [1.29, 1.82) is 0 Å². The molecule has 0 aliphatic heterocycles. The lowest BCUT2D eigenvalue weighted by Gasteiger charge is -2.24. The van der Waals surface area contributed by atoms with Gasteiger partial charge in [0.2, 0.25) is 0 Å². The maximum absolute atomic E-state index is 12.6. The van der Waals surface area contributed by atoms with Gasteiger partial charge in [0.15, 0.2) is 5.78 Å². The monoisotopic (exact) mass is 380 g/mol. The van der Waals surface area contributed by atoms with E-state index in [1.807, 2.05) is 12.1 Å². The van der Waals surface area contributed by atoms with E-state index in [4.69, 9.17) is 14.2 Å². The zero-order valence-electron chi connectivity index (χ0n) is 17.2. The Kier molecular flexibility index (Phi) is 7.05. The van der Waals surface area contributed by atoms with Crippen LogP contribution < -0.4 is 14.2 Å². The second kappa shape index (κ2) is 9.27. The van der Waals surface area contributed by atoms with Gasteiger partial charge in [-0.25, -0.2) is 0 Å². The smallest absolute Gasteiger partial charge is 0.185 e. The van der Waals surface area contributed by atoms with Gasteiger partial charge in [-0.2, -0.15) is 0 Å². The molecule has 0 spiro atoms. The normalized spacial score (nSPS) is 11.3. The fourth-order valence-electron chi connectivity index (χ4n) is 2.85. The molecular formula is C24H28O4. The van der Waals surface area contributed by atoms with E-state index in [1.54, 1.807) is 50.6 Å². The Labute approximate surface area is 167 Å². The first-order valence-electron chi connectivity index (χ1n) is 9.13. The summed E-state index contributed by atoms with van der Waals surface area (Å²) in [4.78, 5) is 12.6. The Balaban J connectivity index is 2.34. The molecule has 0 bridgehead atoms. The van der Waals surface area contributed by atoms with Gasteiger partial charge >= 0.3 is 0 Å². The summed E-state index contributed by atoms with van der Waals surface area (Å²) < 4.78 is 16.6. The molecule has 148 valence electrons. The average Bonchev–Trinajstić information content (AvgIpc) is 2.69. The third-order valence-corrected chi connectivity index (χ3v) is 4.30. The van der Waals surface area contributed by atoms with Crippen LogP contribution in [0.3, 0.4) is 0 Å². The Hall–Kier alpha value is -3.01. The highest BCUT2D eigenvalue weighted by Crippen LogP contribution is 2.39. The van der Waals surface area contributed by atoms with E-state index in [0.717, 1.165) is 11.1 Å². The van der Waals surface area contributed by atoms with Crippen LogP contribution in [0.5, 0.6) is 17.2 Å². The van der Waals surface area contributed by atoms with Crippen LogP contribution in [0.4, 0.5) is 0 Å². The van der Waals surface area contributed by atoms with Gasteiger partial charge < -0.3 is 14.2 Å². The van der Waals surface area contributed by atoms with Gasteiger partial charge in [-0.3, -0.25) is 4.79 Å². The zero-order chi connectivity index (χ0) is 20.7. The van der Waals surface area contributed by atoms with E-state index in [2.05, 4.69) is 27.4 Å². The number of ether oxygens (including phenoxy) is 3. The standard InChI is InChI=1S/C24H28O4/c1-7-16-28-18-10-8-17(9-11-18)21(25)14-12-19-22(26-5)15-13-20(23(19)27-6)24(2,3)4/h7-15H,1,16H2,2-6H3/b14-12+. The molecule has 0 aromatic heterocycles. The quantitative estimate of drug-likeness (QED) is 0.346. The van der Waals surface area contributed by atoms with E-state index in [9.17, 15) is 4.79 Å². The lowest BCUT2D eigenvalue weighted by molar-refractivity contribution is 0.104. The predicted octanol–water partition coefficient (Wildman–Crippen LogP) is 5.46. The first-order chi connectivity index (χ1) is 13.3. The van der Waals surface area contributed by atoms with Crippen molar-refractivity contribution in [2.45, 2.75) is 26.2 Å². The Morgan fingerprint density at radius 2 is 1.71 bits per heavy atom. The summed E-state index contributed by atoms with van der Waals surface area (Å²) in [6.07, 6.45) is 4.96. The van der Waals surface area contributed by atoms with Gasteiger partial charge in [0, 0.05) is 11.1 Å². The summed E-state index contributed by atoms with van der Waals surface area (Å²) in [5.41, 5.74) is 2.27. The largest absolute Gasteiger partial charge is 0.496 e. The van der Waals surface area contributed by atoms with Gasteiger partial charge in [0.25, 0.3) is 0 Å². The molecule has 0 heterocycles. The van der Waals surface area contributed by atoms with Gasteiger partial charge in [-0.15, -0.1) is 0 Å². The predicted molar refractivity (Wildman–Crippen MR) is 114 cm³/mol. The molecule has 0 unspecified atom stereocenters. The van der Waals surface area contributed by atoms with Crippen LogP contribution in [0.25, 0.3) is 6.08 Å². The number of carbonyl (C=O) groups excluding carboxylic acids is 1. The molecule has 2 aromatic rings. The molecule has 0 N–H and O–H groups in total. The number of rotatable bonds is 8. The molecule has 28 heavy (non-hydrogen) atoms. The number of benzene rings is 2. The Morgan fingerprint density at radius 3 is 2.25 bits per heavy atom. The highest BCUT2D eigenvalue weighted by Gasteiger charge is 2.22. The molecule has 4 nitrogen and oxygen atoms in total. The first-order valence-corrected chi connectivity index (χ1v) is 9.13. The van der Waals surface area contributed by atoms with E-state index in [-0.39, 0.29) is 11.2 Å². The molecule has 2 rings (SSSR count). The van der Waals surface area contributed by atoms with E-state index in [1.165, 1.54) is 6.08 Å². The molecule has 0 atom stereocenters. The molecule has 0 radical (unpaired) electrons. The number of methoxy groups -OCH3 is 2. The molecular weight excluding hydrogens is 352 g/mol. The highest BCUT2D eigenvalue weighted by atomic mass is 16.5. The molecule has 0 fully saturated rings. The van der Waals surface area contributed by atoms with Crippen molar-refractivity contribution < 1.29 is 19.0 Å². The maximum atomic E-state index is 12.6. The molecule has 4 heteroatoms. The van der Waals surface area contributed by atoms with Crippen LogP contribution in [-0.2, 0) is 5.41 Å². The van der Waals surface area contributed by atoms with Crippen molar-refractivity contribution in [2.75, 3.05) is 20.8 Å². The Bertz CT molecular complexity index is 855. The molecule has 0 saturated carbocycles. The van der Waals surface area contributed by atoms with Crippen molar-refractivity contribution >= 4 is 11.9 Å². The number of ketones is 1. The molecule has 0 amide bonds. The van der Waals surface area contributed by atoms with Gasteiger partial charge in [-0.05, 0) is 47.9 Å². The number of hydrogen-bond acceptors (Lipinski definition) is 4. The van der Waals surface area contributed by atoms with Gasteiger partial charge in [0.1, 0.15) is 23.9 Å². The fourth-order valence-corrected chi connectivity index (χ4v) is 2.85. The summed E-state index contributed by atoms with van der Waals surface area (Å²) in [5.74, 6) is 1.95. The summed E-state index contributed by atoms with van der Waals surface area (Å²) >= 11 is 0. The van der Waals surface area contributed by atoms with Gasteiger partial charge in [-0.1, -0.05) is 39.5 Å².